The fraction of sp³-hybridized carbons (Fsp3) is 0.500. The zero-order chi connectivity index (χ0) is 16.3. The zero-order valence-electron chi connectivity index (χ0n) is 11.4. The van der Waals surface area contributed by atoms with Crippen LogP contribution in [-0.4, -0.2) is 47.0 Å². The Morgan fingerprint density at radius 3 is 2.52 bits per heavy atom. The molecule has 1 atom stereocenters. The number of carbonyl (C=O) groups is 2. The predicted molar refractivity (Wildman–Crippen MR) is 65.9 cm³/mol. The van der Waals surface area contributed by atoms with Crippen LogP contribution in [0.5, 0.6) is 0 Å². The Bertz CT molecular complexity index is 527. The molecule has 1 unspecified atom stereocenters. The summed E-state index contributed by atoms with van der Waals surface area (Å²) < 4.78 is 44.7. The van der Waals surface area contributed by atoms with E-state index >= 15 is 0 Å². The lowest BCUT2D eigenvalue weighted by molar-refractivity contribution is -0.203. The van der Waals surface area contributed by atoms with Crippen LogP contribution in [0.1, 0.15) is 17.4 Å². The lowest BCUT2D eigenvalue weighted by Crippen LogP contribution is -2.62. The lowest BCUT2D eigenvalue weighted by atomic mass is 10.0. The Labute approximate surface area is 118 Å². The molecule has 0 aliphatic carbocycles. The molecule has 0 aromatic carbocycles. The number of alkyl halides is 3. The van der Waals surface area contributed by atoms with Gasteiger partial charge in [-0.3, -0.25) is 4.79 Å². The van der Waals surface area contributed by atoms with Crippen LogP contribution in [0.15, 0.2) is 18.3 Å². The van der Waals surface area contributed by atoms with Gasteiger partial charge in [-0.15, -0.1) is 0 Å². The third-order valence-corrected chi connectivity index (χ3v) is 2.96. The van der Waals surface area contributed by atoms with Crippen molar-refractivity contribution in [3.63, 3.8) is 0 Å². The van der Waals surface area contributed by atoms with Crippen LogP contribution in [0.25, 0.3) is 0 Å². The lowest BCUT2D eigenvalue weighted by Gasteiger charge is -2.28. The number of nitrogens with zero attached hydrogens (tertiary/aromatic N) is 1. The molecule has 0 fully saturated rings. The normalized spacial score (nSPS) is 14.5. The molecule has 21 heavy (non-hydrogen) atoms. The highest BCUT2D eigenvalue weighted by Crippen LogP contribution is 2.30. The van der Waals surface area contributed by atoms with E-state index in [2.05, 4.69) is 0 Å². The van der Waals surface area contributed by atoms with Crippen molar-refractivity contribution in [2.45, 2.75) is 25.2 Å². The van der Waals surface area contributed by atoms with Crippen LogP contribution in [0.4, 0.5) is 13.2 Å². The molecule has 9 heteroatoms. The Morgan fingerprint density at radius 2 is 2.05 bits per heavy atom. The van der Waals surface area contributed by atoms with E-state index in [-0.39, 0.29) is 18.8 Å². The van der Waals surface area contributed by atoms with E-state index in [9.17, 15) is 22.8 Å². The molecule has 6 nitrogen and oxygen atoms in total. The van der Waals surface area contributed by atoms with Gasteiger partial charge in [0.2, 0.25) is 5.54 Å². The summed E-state index contributed by atoms with van der Waals surface area (Å²) in [5, 5.41) is 10.3. The number of hydrogen-bond acceptors (Lipinski definition) is 3. The van der Waals surface area contributed by atoms with Crippen molar-refractivity contribution in [1.82, 2.24) is 9.88 Å². The van der Waals surface area contributed by atoms with Crippen molar-refractivity contribution < 1.29 is 32.6 Å². The van der Waals surface area contributed by atoms with Crippen LogP contribution in [-0.2, 0) is 16.1 Å². The summed E-state index contributed by atoms with van der Waals surface area (Å²) >= 11 is 0. The van der Waals surface area contributed by atoms with E-state index in [0.29, 0.717) is 6.92 Å². The van der Waals surface area contributed by atoms with Gasteiger partial charge in [0.25, 0.3) is 5.91 Å². The van der Waals surface area contributed by atoms with E-state index in [1.165, 1.54) is 35.3 Å². The molecule has 0 radical (unpaired) electrons. The molecular formula is C12H15F3N2O4. The summed E-state index contributed by atoms with van der Waals surface area (Å²) in [6, 6.07) is 2.76. The number of carboxylic acids is 1. The number of carbonyl (C=O) groups excluding carboxylic acids is 1. The average molecular weight is 308 g/mol. The standard InChI is InChI=1S/C12H15F3N2O4/c1-11(10(19)20,12(13,14)15)16-9(18)8-4-3-5-17(8)6-7-21-2/h3-5H,6-7H2,1-2H3,(H,16,18)(H,19,20). The molecule has 2 N–H and O–H groups in total. The van der Waals surface area contributed by atoms with Gasteiger partial charge in [-0.25, -0.2) is 4.79 Å². The number of aromatic nitrogens is 1. The second kappa shape index (κ2) is 6.17. The summed E-state index contributed by atoms with van der Waals surface area (Å²) in [5.41, 5.74) is -3.44. The van der Waals surface area contributed by atoms with Gasteiger partial charge in [-0.05, 0) is 19.1 Å². The van der Waals surface area contributed by atoms with Gasteiger partial charge in [0.05, 0.1) is 6.61 Å². The molecule has 0 saturated carbocycles. The third-order valence-electron chi connectivity index (χ3n) is 2.96. The summed E-state index contributed by atoms with van der Waals surface area (Å²) in [6.07, 6.45) is -3.64. The molecular weight excluding hydrogens is 293 g/mol. The number of carboxylic acid groups (broad SMARTS) is 1. The summed E-state index contributed by atoms with van der Waals surface area (Å²) in [4.78, 5) is 22.8. The zero-order valence-corrected chi connectivity index (χ0v) is 11.4. The SMILES string of the molecule is COCCn1cccc1C(=O)NC(C)(C(=O)O)C(F)(F)F. The number of methoxy groups -OCH3 is 1. The Kier molecular flexibility index (Phi) is 5.00. The average Bonchev–Trinajstić information content (AvgIpc) is 2.82. The van der Waals surface area contributed by atoms with Gasteiger partial charge < -0.3 is 19.7 Å². The number of halogens is 3. The molecule has 1 amide bonds. The minimum absolute atomic E-state index is 0.0798. The number of ether oxygens (including phenoxy) is 1. The molecule has 1 rings (SSSR count). The van der Waals surface area contributed by atoms with Crippen LogP contribution in [0.3, 0.4) is 0 Å². The van der Waals surface area contributed by atoms with E-state index in [1.54, 1.807) is 0 Å². The highest BCUT2D eigenvalue weighted by atomic mass is 19.4. The Hall–Kier alpha value is -2.03. The fourth-order valence-electron chi connectivity index (χ4n) is 1.54. The van der Waals surface area contributed by atoms with E-state index in [1.807, 2.05) is 0 Å². The van der Waals surface area contributed by atoms with Crippen molar-refractivity contribution in [3.05, 3.63) is 24.0 Å². The topological polar surface area (TPSA) is 80.6 Å². The smallest absolute Gasteiger partial charge is 0.422 e. The quantitative estimate of drug-likeness (QED) is 0.829. The van der Waals surface area contributed by atoms with Gasteiger partial charge in [-0.1, -0.05) is 0 Å². The Morgan fingerprint density at radius 1 is 1.43 bits per heavy atom. The van der Waals surface area contributed by atoms with Crippen LogP contribution in [0.2, 0.25) is 0 Å². The Balaban J connectivity index is 2.99. The van der Waals surface area contributed by atoms with Crippen LogP contribution >= 0.6 is 0 Å². The third kappa shape index (κ3) is 3.54. The molecule has 1 aromatic heterocycles. The molecule has 0 bridgehead atoms. The van der Waals surface area contributed by atoms with E-state index < -0.39 is 23.6 Å². The number of rotatable bonds is 6. The monoisotopic (exact) mass is 308 g/mol. The number of hydrogen-bond donors (Lipinski definition) is 2. The van der Waals surface area contributed by atoms with Crippen LogP contribution in [0, 0.1) is 0 Å². The maximum absolute atomic E-state index is 12.8. The second-order valence-corrected chi connectivity index (χ2v) is 4.46. The number of amides is 1. The van der Waals surface area contributed by atoms with Gasteiger partial charge >= 0.3 is 12.1 Å². The molecule has 0 aliphatic heterocycles. The van der Waals surface area contributed by atoms with Gasteiger partial charge in [0, 0.05) is 19.9 Å². The summed E-state index contributed by atoms with van der Waals surface area (Å²) in [5.74, 6) is -3.31. The first-order valence-corrected chi connectivity index (χ1v) is 5.90. The van der Waals surface area contributed by atoms with Crippen molar-refractivity contribution in [2.24, 2.45) is 0 Å². The maximum Gasteiger partial charge on any atom is 0.422 e. The van der Waals surface area contributed by atoms with E-state index in [4.69, 9.17) is 9.84 Å². The highest BCUT2D eigenvalue weighted by molar-refractivity contribution is 5.97. The second-order valence-electron chi connectivity index (χ2n) is 4.46. The first kappa shape index (κ1) is 17.0. The van der Waals surface area contributed by atoms with E-state index in [0.717, 1.165) is 0 Å². The molecule has 1 aromatic rings. The number of nitrogens with one attached hydrogen (secondary N) is 1. The van der Waals surface area contributed by atoms with Crippen molar-refractivity contribution in [1.29, 1.82) is 0 Å². The number of aliphatic carboxylic acids is 1. The molecule has 118 valence electrons. The van der Waals surface area contributed by atoms with Crippen molar-refractivity contribution in [2.75, 3.05) is 13.7 Å². The minimum Gasteiger partial charge on any atom is -0.479 e. The van der Waals surface area contributed by atoms with Gasteiger partial charge in [-0.2, -0.15) is 13.2 Å². The maximum atomic E-state index is 12.8. The first-order chi connectivity index (χ1) is 9.63. The van der Waals surface area contributed by atoms with Gasteiger partial charge in [0.1, 0.15) is 5.69 Å². The van der Waals surface area contributed by atoms with Gasteiger partial charge in [0.15, 0.2) is 0 Å². The molecule has 0 saturated heterocycles. The van der Waals surface area contributed by atoms with Crippen molar-refractivity contribution in [3.8, 4) is 0 Å². The molecule has 0 spiro atoms. The van der Waals surface area contributed by atoms with Crippen LogP contribution < -0.4 is 5.32 Å². The molecule has 0 aliphatic rings. The largest absolute Gasteiger partial charge is 0.479 e. The minimum atomic E-state index is -5.13. The predicted octanol–water partition coefficient (Wildman–Crippen LogP) is 1.27. The van der Waals surface area contributed by atoms with Crippen molar-refractivity contribution >= 4 is 11.9 Å². The fourth-order valence-corrected chi connectivity index (χ4v) is 1.54. The molecule has 1 heterocycles. The highest BCUT2D eigenvalue weighted by Gasteiger charge is 2.58. The summed E-state index contributed by atoms with van der Waals surface area (Å²) in [7, 11) is 1.44. The summed E-state index contributed by atoms with van der Waals surface area (Å²) in [6.45, 7) is 0.905. The first-order valence-electron chi connectivity index (χ1n) is 5.90.